The molecule has 384 valence electrons. The molecule has 0 spiro atoms. The van der Waals surface area contributed by atoms with Crippen LogP contribution in [0.25, 0.3) is 66.9 Å². The Balaban J connectivity index is 1.03. The molecule has 0 bridgehead atoms. The fourth-order valence-electron chi connectivity index (χ4n) is 11.5. The first-order chi connectivity index (χ1) is 39.8. The van der Waals surface area contributed by atoms with Gasteiger partial charge in [0.2, 0.25) is 0 Å². The van der Waals surface area contributed by atoms with Crippen molar-refractivity contribution in [3.05, 3.63) is 208 Å². The molecule has 3 aliphatic rings. The van der Waals surface area contributed by atoms with Gasteiger partial charge in [0, 0.05) is 11.3 Å². The van der Waals surface area contributed by atoms with Crippen LogP contribution in [0.4, 0.5) is 22.9 Å². The summed E-state index contributed by atoms with van der Waals surface area (Å²) in [5, 5.41) is 0. The van der Waals surface area contributed by atoms with Crippen LogP contribution >= 0.6 is 0 Å². The summed E-state index contributed by atoms with van der Waals surface area (Å²) in [5.41, 5.74) is 14.8. The van der Waals surface area contributed by atoms with Crippen LogP contribution in [0.1, 0.15) is 95.5 Å². The number of hydrogen-bond acceptors (Lipinski definition) is 4. The SMILES string of the molecule is [2H]c1c([2H])c([2H])c(-c2cc(C(C)(C)C(C)(C)C)cc(-c3ccc(C(C)(C)C)cc3)c2-n2[c](=[Pt])n(-c3[c-]c(Oc4cc(C([2H])([2H])C(C)C)c5c(n4)N4B6c7c(cccc7-5)-c5ccccc5N6c5ccc[c-]c54)ccc3)c3ccccc32)c([2H])c1[2H]. The van der Waals surface area contributed by atoms with Gasteiger partial charge in [-0.25, -0.2) is 0 Å². The van der Waals surface area contributed by atoms with Crippen molar-refractivity contribution in [2.24, 2.45) is 11.3 Å². The van der Waals surface area contributed by atoms with Gasteiger partial charge in [-0.05, 0) is 11.6 Å². The van der Waals surface area contributed by atoms with E-state index in [9.17, 15) is 5.48 Å². The molecule has 0 atom stereocenters. The van der Waals surface area contributed by atoms with Crippen LogP contribution in [0.15, 0.2) is 176 Å². The maximum absolute atomic E-state index is 9.84. The summed E-state index contributed by atoms with van der Waals surface area (Å²) < 4.78 is 77.3. The Morgan fingerprint density at radius 2 is 1.32 bits per heavy atom. The zero-order chi connectivity index (χ0) is 59.4. The molecule has 0 amide bonds. The van der Waals surface area contributed by atoms with Gasteiger partial charge in [-0.15, -0.1) is 6.07 Å². The molecule has 0 aliphatic carbocycles. The molecule has 10 aromatic rings. The van der Waals surface area contributed by atoms with E-state index in [0.717, 1.165) is 78.1 Å². The second-order valence-electron chi connectivity index (χ2n) is 23.3. The molecule has 5 heterocycles. The second kappa shape index (κ2) is 18.1. The minimum atomic E-state index is -1.82. The summed E-state index contributed by atoms with van der Waals surface area (Å²) in [5.74, 6) is 0.718. The third-order valence-corrected chi connectivity index (χ3v) is 17.2. The Labute approximate surface area is 475 Å². The van der Waals surface area contributed by atoms with Crippen molar-refractivity contribution >= 4 is 46.4 Å². The van der Waals surface area contributed by atoms with Crippen molar-refractivity contribution in [1.82, 2.24) is 14.1 Å². The number of benzene rings is 8. The van der Waals surface area contributed by atoms with Crippen LogP contribution < -0.4 is 19.8 Å². The summed E-state index contributed by atoms with van der Waals surface area (Å²) in [4.78, 5) is 9.96. The first-order valence-corrected chi connectivity index (χ1v) is 27.6. The van der Waals surface area contributed by atoms with E-state index < -0.39 is 35.8 Å². The average Bonchev–Trinajstić information content (AvgIpc) is 1.44. The molecule has 8 aromatic carbocycles. The first kappa shape index (κ1) is 41.7. The number of imidazole rings is 1. The van der Waals surface area contributed by atoms with Gasteiger partial charge in [0.25, 0.3) is 0 Å². The van der Waals surface area contributed by atoms with Crippen LogP contribution in [0.2, 0.25) is 0 Å². The molecule has 0 saturated carbocycles. The van der Waals surface area contributed by atoms with E-state index >= 15 is 0 Å². The van der Waals surface area contributed by atoms with Gasteiger partial charge in [0.15, 0.2) is 0 Å². The molecule has 0 fully saturated rings. The van der Waals surface area contributed by atoms with Crippen LogP contribution in [0.5, 0.6) is 11.6 Å². The monoisotopic (exact) mass is 1190 g/mol. The second-order valence-corrected chi connectivity index (χ2v) is 24.3. The van der Waals surface area contributed by atoms with Crippen molar-refractivity contribution in [3.8, 4) is 67.5 Å². The van der Waals surface area contributed by atoms with Crippen molar-refractivity contribution in [1.29, 1.82) is 0 Å². The van der Waals surface area contributed by atoms with Crippen LogP contribution in [-0.2, 0) is 36.6 Å². The molecular formula is C69H62BN5OPt-2. The van der Waals surface area contributed by atoms with Crippen LogP contribution in [-0.4, -0.2) is 21.1 Å². The van der Waals surface area contributed by atoms with Gasteiger partial charge in [-0.2, -0.15) is 12.1 Å². The number of ether oxygens (including phenoxy) is 1. The number of hydrogen-bond donors (Lipinski definition) is 0. The Bertz CT molecular complexity index is 4450. The van der Waals surface area contributed by atoms with E-state index in [-0.39, 0.29) is 41.3 Å². The number of para-hydroxylation sites is 4. The van der Waals surface area contributed by atoms with Gasteiger partial charge >= 0.3 is 406 Å². The van der Waals surface area contributed by atoms with Gasteiger partial charge in [-0.1, -0.05) is 30.3 Å². The molecule has 3 aliphatic heterocycles. The average molecular weight is 1190 g/mol. The number of nitrogens with zero attached hydrogens (tertiary/aromatic N) is 5. The van der Waals surface area contributed by atoms with E-state index in [2.05, 4.69) is 184 Å². The number of pyridine rings is 1. The van der Waals surface area contributed by atoms with Crippen molar-refractivity contribution < 1.29 is 33.7 Å². The molecule has 0 unspecified atom stereocenters. The third-order valence-electron chi connectivity index (χ3n) is 16.2. The Kier molecular flexibility index (Phi) is 9.78. The molecule has 0 N–H and O–H groups in total. The maximum atomic E-state index is 9.84. The van der Waals surface area contributed by atoms with E-state index in [1.54, 1.807) is 6.07 Å². The predicted octanol–water partition coefficient (Wildman–Crippen LogP) is 17.1. The fourth-order valence-corrected chi connectivity index (χ4v) is 12.5. The third kappa shape index (κ3) is 7.85. The van der Waals surface area contributed by atoms with E-state index in [4.69, 9.17) is 13.8 Å². The quantitative estimate of drug-likeness (QED) is 0.107. The molecule has 13 rings (SSSR count). The number of fused-ring (bicyclic) bond motifs is 10. The Hall–Kier alpha value is -7.47. The topological polar surface area (TPSA) is 38.5 Å². The summed E-state index contributed by atoms with van der Waals surface area (Å²) in [6.07, 6.45) is -1.82. The number of rotatable bonds is 9. The normalized spacial score (nSPS) is 15.0. The summed E-state index contributed by atoms with van der Waals surface area (Å²) in [7, 11) is 0. The first-order valence-electron chi connectivity index (χ1n) is 29.9. The molecule has 0 radical (unpaired) electrons. The van der Waals surface area contributed by atoms with Gasteiger partial charge < -0.3 is 0 Å². The number of anilines is 4. The fraction of sp³-hybridized carbons (Fsp3) is 0.217. The summed E-state index contributed by atoms with van der Waals surface area (Å²) in [6, 6.07) is 54.5. The van der Waals surface area contributed by atoms with Gasteiger partial charge in [0.1, 0.15) is 0 Å². The molecule has 77 heavy (non-hydrogen) atoms. The van der Waals surface area contributed by atoms with Crippen LogP contribution in [0.3, 0.4) is 0 Å². The Morgan fingerprint density at radius 1 is 0.662 bits per heavy atom. The van der Waals surface area contributed by atoms with Crippen molar-refractivity contribution in [2.75, 3.05) is 9.62 Å². The van der Waals surface area contributed by atoms with Crippen molar-refractivity contribution in [2.45, 2.75) is 86.4 Å². The Morgan fingerprint density at radius 3 is 2.05 bits per heavy atom. The van der Waals surface area contributed by atoms with Gasteiger partial charge in [-0.3, -0.25) is 0 Å². The van der Waals surface area contributed by atoms with E-state index in [0.29, 0.717) is 37.9 Å². The van der Waals surface area contributed by atoms with Crippen molar-refractivity contribution in [3.63, 3.8) is 0 Å². The van der Waals surface area contributed by atoms with Crippen LogP contribution in [0, 0.1) is 27.3 Å². The standard InChI is InChI=1S/C69H62BN5O.Pt/c1-44(2)38-47-39-62(71-66-63(47)54-28-21-27-53-52-26-14-15-29-57(52)74-60-32-18-19-33-61(60)75(66)70(74)64(53)54)76-51-25-20-24-50(42-51)72-43-73(59-31-17-16-30-58(59)72)65-55(45-22-12-11-13-23-45)40-49(69(9,10)68(6,7)8)41-56(65)46-34-36-48(37-35-46)67(3,4)5;/h11-32,34-37,39-41,44H,38H2,1-10H3;/q-2;/i11D,12D,13D,22D,23D,38D2;. The van der Waals surface area contributed by atoms with E-state index in [1.807, 2.05) is 74.5 Å². The zero-order valence-electron chi connectivity index (χ0n) is 52.0. The number of aromatic nitrogens is 3. The molecular weight excluding hydrogens is 1120 g/mol. The summed E-state index contributed by atoms with van der Waals surface area (Å²) >= 11 is 2.34. The zero-order valence-corrected chi connectivity index (χ0v) is 47.2. The van der Waals surface area contributed by atoms with Gasteiger partial charge in [0.05, 0.1) is 0 Å². The predicted molar refractivity (Wildman–Crippen MR) is 315 cm³/mol. The molecule has 2 aromatic heterocycles. The molecule has 6 nitrogen and oxygen atoms in total. The molecule has 0 saturated heterocycles. The summed E-state index contributed by atoms with van der Waals surface area (Å²) in [6.45, 7) is 21.1. The minimum absolute atomic E-state index is 0.108. The van der Waals surface area contributed by atoms with E-state index in [1.165, 1.54) is 0 Å². The molecule has 8 heteroatoms.